The summed E-state index contributed by atoms with van der Waals surface area (Å²) < 4.78 is 27.1. The van der Waals surface area contributed by atoms with Crippen LogP contribution in [0.5, 0.6) is 0 Å². The molecular weight excluding hydrogens is 232 g/mol. The molecule has 0 heterocycles. The van der Waals surface area contributed by atoms with Crippen LogP contribution in [-0.4, -0.2) is 0 Å². The van der Waals surface area contributed by atoms with Crippen molar-refractivity contribution in [2.75, 3.05) is 0 Å². The molecule has 0 aliphatic rings. The fourth-order valence-electron chi connectivity index (χ4n) is 2.01. The fourth-order valence-corrected chi connectivity index (χ4v) is 2.01. The van der Waals surface area contributed by atoms with E-state index in [1.54, 1.807) is 44.2 Å². The first-order chi connectivity index (χ1) is 8.43. The van der Waals surface area contributed by atoms with Crippen molar-refractivity contribution in [1.29, 1.82) is 0 Å². The molecule has 2 N–H and O–H groups in total. The summed E-state index contributed by atoms with van der Waals surface area (Å²) in [5.41, 5.74) is 6.82. The van der Waals surface area contributed by atoms with Gasteiger partial charge in [-0.1, -0.05) is 30.3 Å². The smallest absolute Gasteiger partial charge is 0.128 e. The summed E-state index contributed by atoms with van der Waals surface area (Å²) >= 11 is 0. The highest BCUT2D eigenvalue weighted by molar-refractivity contribution is 5.39. The summed E-state index contributed by atoms with van der Waals surface area (Å²) in [7, 11) is 0. The summed E-state index contributed by atoms with van der Waals surface area (Å²) in [5, 5.41) is 0. The molecule has 0 saturated heterocycles. The van der Waals surface area contributed by atoms with Crippen molar-refractivity contribution in [1.82, 2.24) is 0 Å². The van der Waals surface area contributed by atoms with Gasteiger partial charge in [-0.2, -0.15) is 0 Å². The van der Waals surface area contributed by atoms with Crippen molar-refractivity contribution in [3.05, 3.63) is 70.8 Å². The number of hydrogen-bond acceptors (Lipinski definition) is 1. The molecule has 0 bridgehead atoms. The summed E-state index contributed by atoms with van der Waals surface area (Å²) in [6.45, 7) is 3.38. The third kappa shape index (κ3) is 2.14. The number of rotatable bonds is 2. The molecule has 0 aromatic heterocycles. The maximum atomic E-state index is 13.8. The van der Waals surface area contributed by atoms with Gasteiger partial charge in [0.05, 0.1) is 5.54 Å². The van der Waals surface area contributed by atoms with E-state index >= 15 is 0 Å². The van der Waals surface area contributed by atoms with E-state index in [0.717, 1.165) is 0 Å². The van der Waals surface area contributed by atoms with E-state index in [4.69, 9.17) is 5.73 Å². The van der Waals surface area contributed by atoms with Gasteiger partial charge in [0.15, 0.2) is 0 Å². The van der Waals surface area contributed by atoms with E-state index in [-0.39, 0.29) is 11.6 Å². The van der Waals surface area contributed by atoms with Crippen LogP contribution in [0.25, 0.3) is 0 Å². The molecule has 1 nitrogen and oxygen atoms in total. The molecule has 0 fully saturated rings. The summed E-state index contributed by atoms with van der Waals surface area (Å²) in [5.74, 6) is -0.646. The Morgan fingerprint density at radius 2 is 1.67 bits per heavy atom. The van der Waals surface area contributed by atoms with Crippen molar-refractivity contribution in [3.63, 3.8) is 0 Å². The maximum absolute atomic E-state index is 13.8. The van der Waals surface area contributed by atoms with Gasteiger partial charge in [-0.15, -0.1) is 0 Å². The molecule has 0 aliphatic carbocycles. The topological polar surface area (TPSA) is 26.0 Å². The van der Waals surface area contributed by atoms with E-state index in [2.05, 4.69) is 0 Å². The van der Waals surface area contributed by atoms with Gasteiger partial charge >= 0.3 is 0 Å². The standard InChI is InChI=1S/C15H15F2N/c1-10-9-11(7-8-13(10)16)15(2,18)12-5-3-4-6-14(12)17/h3-9H,18H2,1-2H3. The molecule has 0 amide bonds. The molecule has 18 heavy (non-hydrogen) atoms. The van der Waals surface area contributed by atoms with E-state index in [9.17, 15) is 8.78 Å². The summed E-state index contributed by atoms with van der Waals surface area (Å²) in [4.78, 5) is 0. The minimum Gasteiger partial charge on any atom is -0.318 e. The van der Waals surface area contributed by atoms with Gasteiger partial charge in [0, 0.05) is 5.56 Å². The van der Waals surface area contributed by atoms with Crippen molar-refractivity contribution in [2.45, 2.75) is 19.4 Å². The highest BCUT2D eigenvalue weighted by Crippen LogP contribution is 2.29. The Morgan fingerprint density at radius 1 is 1.00 bits per heavy atom. The molecule has 2 aromatic carbocycles. The van der Waals surface area contributed by atoms with E-state index in [1.807, 2.05) is 0 Å². The second-order valence-electron chi connectivity index (χ2n) is 4.65. The maximum Gasteiger partial charge on any atom is 0.128 e. The predicted molar refractivity (Wildman–Crippen MR) is 68.2 cm³/mol. The van der Waals surface area contributed by atoms with Crippen LogP contribution in [0.1, 0.15) is 23.6 Å². The number of nitrogens with two attached hydrogens (primary N) is 1. The lowest BCUT2D eigenvalue weighted by Gasteiger charge is -2.26. The quantitative estimate of drug-likeness (QED) is 0.863. The monoisotopic (exact) mass is 247 g/mol. The lowest BCUT2D eigenvalue weighted by Crippen LogP contribution is -2.35. The molecule has 2 rings (SSSR count). The van der Waals surface area contributed by atoms with Crippen molar-refractivity contribution in [3.8, 4) is 0 Å². The first-order valence-corrected chi connectivity index (χ1v) is 5.73. The lowest BCUT2D eigenvalue weighted by atomic mass is 9.84. The average Bonchev–Trinajstić information content (AvgIpc) is 2.33. The molecule has 0 spiro atoms. The minimum absolute atomic E-state index is 0.289. The molecule has 3 heteroatoms. The Labute approximate surface area is 105 Å². The van der Waals surface area contributed by atoms with Crippen molar-refractivity contribution < 1.29 is 8.78 Å². The number of hydrogen-bond donors (Lipinski definition) is 1. The van der Waals surface area contributed by atoms with Crippen LogP contribution in [0.3, 0.4) is 0 Å². The average molecular weight is 247 g/mol. The van der Waals surface area contributed by atoms with E-state index < -0.39 is 5.54 Å². The second-order valence-corrected chi connectivity index (χ2v) is 4.65. The zero-order chi connectivity index (χ0) is 13.3. The van der Waals surface area contributed by atoms with Gasteiger partial charge in [-0.3, -0.25) is 0 Å². The highest BCUT2D eigenvalue weighted by Gasteiger charge is 2.27. The zero-order valence-electron chi connectivity index (χ0n) is 10.4. The Hall–Kier alpha value is -1.74. The lowest BCUT2D eigenvalue weighted by molar-refractivity contribution is 0.528. The Kier molecular flexibility index (Phi) is 3.18. The van der Waals surface area contributed by atoms with E-state index in [0.29, 0.717) is 16.7 Å². The van der Waals surface area contributed by atoms with Crippen LogP contribution in [0.15, 0.2) is 42.5 Å². The molecule has 0 saturated carbocycles. The summed E-state index contributed by atoms with van der Waals surface area (Å²) in [6.07, 6.45) is 0. The number of benzene rings is 2. The second kappa shape index (κ2) is 4.50. The van der Waals surface area contributed by atoms with Gasteiger partial charge in [0.1, 0.15) is 11.6 Å². The molecule has 1 unspecified atom stereocenters. The Bertz CT molecular complexity index is 576. The van der Waals surface area contributed by atoms with Crippen molar-refractivity contribution in [2.24, 2.45) is 5.73 Å². The SMILES string of the molecule is Cc1cc(C(C)(N)c2ccccc2F)ccc1F. The van der Waals surface area contributed by atoms with Crippen LogP contribution in [-0.2, 0) is 5.54 Å². The van der Waals surface area contributed by atoms with Crippen LogP contribution in [0.2, 0.25) is 0 Å². The molecule has 1 atom stereocenters. The van der Waals surface area contributed by atoms with Gasteiger partial charge in [-0.05, 0) is 37.1 Å². The molecule has 2 aromatic rings. The zero-order valence-corrected chi connectivity index (χ0v) is 10.4. The van der Waals surface area contributed by atoms with Crippen LogP contribution >= 0.6 is 0 Å². The fraction of sp³-hybridized carbons (Fsp3) is 0.200. The summed E-state index contributed by atoms with van der Waals surface area (Å²) in [6, 6.07) is 11.0. The Morgan fingerprint density at radius 3 is 2.28 bits per heavy atom. The van der Waals surface area contributed by atoms with E-state index in [1.165, 1.54) is 12.1 Å². The molecule has 94 valence electrons. The highest BCUT2D eigenvalue weighted by atomic mass is 19.1. The Balaban J connectivity index is 2.54. The van der Waals surface area contributed by atoms with Crippen LogP contribution in [0.4, 0.5) is 8.78 Å². The van der Waals surface area contributed by atoms with Crippen molar-refractivity contribution >= 4 is 0 Å². The van der Waals surface area contributed by atoms with Gasteiger partial charge in [-0.25, -0.2) is 8.78 Å². The molecule has 0 radical (unpaired) electrons. The van der Waals surface area contributed by atoms with Gasteiger partial charge < -0.3 is 5.73 Å². The van der Waals surface area contributed by atoms with Gasteiger partial charge in [0.25, 0.3) is 0 Å². The number of aryl methyl sites for hydroxylation is 1. The third-order valence-corrected chi connectivity index (χ3v) is 3.19. The van der Waals surface area contributed by atoms with Crippen LogP contribution in [0, 0.1) is 18.6 Å². The first-order valence-electron chi connectivity index (χ1n) is 5.73. The van der Waals surface area contributed by atoms with Crippen LogP contribution < -0.4 is 5.73 Å². The predicted octanol–water partition coefficient (Wildman–Crippen LogP) is 3.50. The first kappa shape index (κ1) is 12.7. The molecular formula is C15H15F2N. The normalized spacial score (nSPS) is 14.3. The minimum atomic E-state index is -0.982. The largest absolute Gasteiger partial charge is 0.318 e. The number of halogens is 2. The third-order valence-electron chi connectivity index (χ3n) is 3.19. The molecule has 0 aliphatic heterocycles. The van der Waals surface area contributed by atoms with Gasteiger partial charge in [0.2, 0.25) is 0 Å².